The first-order valence-electron chi connectivity index (χ1n) is 7.92. The molecule has 1 aliphatic heterocycles. The largest absolute Gasteiger partial charge is 0.368 e. The van der Waals surface area contributed by atoms with E-state index in [9.17, 15) is 0 Å². The van der Waals surface area contributed by atoms with E-state index >= 15 is 0 Å². The fourth-order valence-corrected chi connectivity index (χ4v) is 5.33. The molecule has 1 unspecified atom stereocenters. The summed E-state index contributed by atoms with van der Waals surface area (Å²) in [6.45, 7) is 0.842. The SMILES string of the molecule is Clc1ccc(-c2csc(C3CCCCC3)c2C2CO2)c(Cl)c1. The monoisotopic (exact) mass is 352 g/mol. The number of epoxide rings is 1. The zero-order valence-corrected chi connectivity index (χ0v) is 14.6. The van der Waals surface area contributed by atoms with E-state index in [1.54, 1.807) is 0 Å². The second-order valence-corrected chi connectivity index (χ2v) is 7.96. The zero-order valence-electron chi connectivity index (χ0n) is 12.3. The van der Waals surface area contributed by atoms with Crippen LogP contribution >= 0.6 is 34.5 Å². The smallest absolute Gasteiger partial charge is 0.108 e. The van der Waals surface area contributed by atoms with Crippen molar-refractivity contribution in [2.45, 2.75) is 44.1 Å². The summed E-state index contributed by atoms with van der Waals surface area (Å²) >= 11 is 14.4. The van der Waals surface area contributed by atoms with E-state index in [0.29, 0.717) is 10.9 Å². The van der Waals surface area contributed by atoms with Crippen LogP contribution in [0.25, 0.3) is 11.1 Å². The van der Waals surface area contributed by atoms with Crippen LogP contribution in [0.15, 0.2) is 23.6 Å². The summed E-state index contributed by atoms with van der Waals surface area (Å²) < 4.78 is 5.65. The van der Waals surface area contributed by atoms with Crippen LogP contribution in [-0.4, -0.2) is 6.61 Å². The lowest BCUT2D eigenvalue weighted by atomic mass is 9.85. The molecule has 1 nitrogen and oxygen atoms in total. The third-order valence-corrected chi connectivity index (χ3v) is 6.42. The molecule has 1 aromatic carbocycles. The Labute approximate surface area is 145 Å². The molecule has 2 heterocycles. The lowest BCUT2D eigenvalue weighted by molar-refractivity contribution is 0.408. The highest BCUT2D eigenvalue weighted by Crippen LogP contribution is 2.49. The molecule has 22 heavy (non-hydrogen) atoms. The second kappa shape index (κ2) is 6.16. The summed E-state index contributed by atoms with van der Waals surface area (Å²) in [6, 6.07) is 5.77. The molecule has 4 rings (SSSR count). The van der Waals surface area contributed by atoms with Gasteiger partial charge in [-0.15, -0.1) is 11.3 Å². The van der Waals surface area contributed by atoms with Gasteiger partial charge in [-0.05, 0) is 36.3 Å². The quantitative estimate of drug-likeness (QED) is 0.550. The first-order chi connectivity index (χ1) is 10.7. The van der Waals surface area contributed by atoms with E-state index in [2.05, 4.69) is 5.38 Å². The standard InChI is InChI=1S/C18H18Cl2OS/c19-12-6-7-13(15(20)8-12)14-10-22-18(17(14)16-9-21-16)11-4-2-1-3-5-11/h6-8,10-11,16H,1-5,9H2. The highest BCUT2D eigenvalue weighted by molar-refractivity contribution is 7.10. The maximum Gasteiger partial charge on any atom is 0.108 e. The average Bonchev–Trinajstić information content (AvgIpc) is 3.27. The Kier molecular flexibility index (Phi) is 4.21. The van der Waals surface area contributed by atoms with Crippen LogP contribution in [0, 0.1) is 0 Å². The van der Waals surface area contributed by atoms with Gasteiger partial charge in [0.15, 0.2) is 0 Å². The van der Waals surface area contributed by atoms with Crippen LogP contribution in [0.3, 0.4) is 0 Å². The van der Waals surface area contributed by atoms with Crippen molar-refractivity contribution in [2.24, 2.45) is 0 Å². The molecule has 116 valence electrons. The van der Waals surface area contributed by atoms with Crippen molar-refractivity contribution in [3.63, 3.8) is 0 Å². The van der Waals surface area contributed by atoms with Gasteiger partial charge in [0.25, 0.3) is 0 Å². The molecular formula is C18H18Cl2OS. The fraction of sp³-hybridized carbons (Fsp3) is 0.444. The third-order valence-electron chi connectivity index (χ3n) is 4.71. The molecule has 1 saturated heterocycles. The molecule has 0 radical (unpaired) electrons. The number of hydrogen-bond donors (Lipinski definition) is 0. The Morgan fingerprint density at radius 1 is 1.05 bits per heavy atom. The summed E-state index contributed by atoms with van der Waals surface area (Å²) in [5.74, 6) is 0.706. The second-order valence-electron chi connectivity index (χ2n) is 6.21. The van der Waals surface area contributed by atoms with Crippen molar-refractivity contribution in [3.05, 3.63) is 44.1 Å². The number of thiophene rings is 1. The summed E-state index contributed by atoms with van der Waals surface area (Å²) in [4.78, 5) is 1.53. The molecule has 1 aromatic heterocycles. The average molecular weight is 353 g/mol. The van der Waals surface area contributed by atoms with Crippen molar-refractivity contribution in [1.29, 1.82) is 0 Å². The Morgan fingerprint density at radius 2 is 1.82 bits per heavy atom. The molecule has 1 aliphatic carbocycles. The van der Waals surface area contributed by atoms with E-state index < -0.39 is 0 Å². The maximum atomic E-state index is 6.44. The predicted molar refractivity (Wildman–Crippen MR) is 94.3 cm³/mol. The molecule has 1 saturated carbocycles. The summed E-state index contributed by atoms with van der Waals surface area (Å²) in [7, 11) is 0. The molecule has 1 atom stereocenters. The summed E-state index contributed by atoms with van der Waals surface area (Å²) in [5, 5.41) is 3.67. The van der Waals surface area contributed by atoms with Gasteiger partial charge in [0.1, 0.15) is 6.10 Å². The minimum absolute atomic E-state index is 0.268. The molecule has 0 N–H and O–H groups in total. The van der Waals surface area contributed by atoms with E-state index in [-0.39, 0.29) is 6.10 Å². The van der Waals surface area contributed by atoms with Crippen molar-refractivity contribution in [3.8, 4) is 11.1 Å². The number of halogens is 2. The van der Waals surface area contributed by atoms with Gasteiger partial charge in [0.05, 0.1) is 6.61 Å². The third kappa shape index (κ3) is 2.82. The predicted octanol–water partition coefficient (Wildman–Crippen LogP) is 6.84. The molecule has 0 bridgehead atoms. The highest BCUT2D eigenvalue weighted by atomic mass is 35.5. The van der Waals surface area contributed by atoms with Crippen LogP contribution in [0.4, 0.5) is 0 Å². The summed E-state index contributed by atoms with van der Waals surface area (Å²) in [6.07, 6.45) is 6.98. The number of hydrogen-bond acceptors (Lipinski definition) is 2. The van der Waals surface area contributed by atoms with Crippen LogP contribution in [0.1, 0.15) is 54.6 Å². The maximum absolute atomic E-state index is 6.44. The van der Waals surface area contributed by atoms with Crippen molar-refractivity contribution in [1.82, 2.24) is 0 Å². The number of rotatable bonds is 3. The van der Waals surface area contributed by atoms with Gasteiger partial charge in [-0.25, -0.2) is 0 Å². The molecule has 2 fully saturated rings. The Balaban J connectivity index is 1.78. The van der Waals surface area contributed by atoms with Gasteiger partial charge in [0.2, 0.25) is 0 Å². The molecule has 0 amide bonds. The molecule has 4 heteroatoms. The van der Waals surface area contributed by atoms with Crippen LogP contribution < -0.4 is 0 Å². The lowest BCUT2D eigenvalue weighted by Gasteiger charge is -2.22. The Morgan fingerprint density at radius 3 is 2.50 bits per heavy atom. The van der Waals surface area contributed by atoms with Crippen LogP contribution in [-0.2, 0) is 4.74 Å². The minimum atomic E-state index is 0.268. The lowest BCUT2D eigenvalue weighted by Crippen LogP contribution is -2.05. The minimum Gasteiger partial charge on any atom is -0.368 e. The molecule has 2 aromatic rings. The Hall–Kier alpha value is -0.540. The van der Waals surface area contributed by atoms with Gasteiger partial charge in [-0.1, -0.05) is 48.5 Å². The Bertz CT molecular complexity index is 684. The molecular weight excluding hydrogens is 335 g/mol. The van der Waals surface area contributed by atoms with Gasteiger partial charge in [-0.2, -0.15) is 0 Å². The van der Waals surface area contributed by atoms with Gasteiger partial charge in [0, 0.05) is 31.6 Å². The fourth-order valence-electron chi connectivity index (χ4n) is 3.53. The molecule has 0 spiro atoms. The van der Waals surface area contributed by atoms with E-state index in [1.807, 2.05) is 29.5 Å². The normalized spacial score (nSPS) is 22.0. The van der Waals surface area contributed by atoms with Crippen molar-refractivity contribution in [2.75, 3.05) is 6.61 Å². The van der Waals surface area contributed by atoms with Crippen LogP contribution in [0.2, 0.25) is 10.0 Å². The van der Waals surface area contributed by atoms with Gasteiger partial charge in [-0.3, -0.25) is 0 Å². The first-order valence-corrected chi connectivity index (χ1v) is 9.56. The summed E-state index contributed by atoms with van der Waals surface area (Å²) in [5.41, 5.74) is 3.71. The number of benzene rings is 1. The number of ether oxygens (including phenoxy) is 1. The highest BCUT2D eigenvalue weighted by Gasteiger charge is 2.34. The molecule has 2 aliphatic rings. The van der Waals surface area contributed by atoms with Crippen molar-refractivity contribution < 1.29 is 4.74 Å². The first kappa shape index (κ1) is 15.0. The van der Waals surface area contributed by atoms with Gasteiger partial charge >= 0.3 is 0 Å². The topological polar surface area (TPSA) is 12.5 Å². The van der Waals surface area contributed by atoms with E-state index in [4.69, 9.17) is 27.9 Å². The van der Waals surface area contributed by atoms with Crippen molar-refractivity contribution >= 4 is 34.5 Å². The van der Waals surface area contributed by atoms with Crippen LogP contribution in [0.5, 0.6) is 0 Å². The van der Waals surface area contributed by atoms with Gasteiger partial charge < -0.3 is 4.74 Å². The van der Waals surface area contributed by atoms with E-state index in [1.165, 1.54) is 48.1 Å². The van der Waals surface area contributed by atoms with E-state index in [0.717, 1.165) is 17.2 Å². The zero-order chi connectivity index (χ0) is 15.1.